The van der Waals surface area contributed by atoms with Crippen molar-refractivity contribution in [3.05, 3.63) is 125 Å². The zero-order chi connectivity index (χ0) is 18.7. The Morgan fingerprint density at radius 2 is 1.30 bits per heavy atom. The molecule has 0 amide bonds. The summed E-state index contributed by atoms with van der Waals surface area (Å²) in [5, 5.41) is 12.7. The van der Waals surface area contributed by atoms with Crippen LogP contribution in [0.1, 0.15) is 16.7 Å². The van der Waals surface area contributed by atoms with Gasteiger partial charge < -0.3 is 5.11 Å². The first kappa shape index (κ1) is 17.5. The van der Waals surface area contributed by atoms with E-state index in [1.807, 2.05) is 91.0 Å². The lowest BCUT2D eigenvalue weighted by molar-refractivity contribution is 0.126. The number of pyridine rings is 1. The van der Waals surface area contributed by atoms with Gasteiger partial charge >= 0.3 is 0 Å². The van der Waals surface area contributed by atoms with Crippen LogP contribution in [-0.4, -0.2) is 10.1 Å². The van der Waals surface area contributed by atoms with Gasteiger partial charge in [0.05, 0.1) is 0 Å². The number of aliphatic hydroxyl groups is 1. The topological polar surface area (TPSA) is 33.1 Å². The molecular formula is C24H18ClNO. The summed E-state index contributed by atoms with van der Waals surface area (Å²) in [6.45, 7) is 0. The molecule has 0 saturated heterocycles. The fourth-order valence-electron chi connectivity index (χ4n) is 3.45. The van der Waals surface area contributed by atoms with Crippen molar-refractivity contribution >= 4 is 11.6 Å². The van der Waals surface area contributed by atoms with E-state index in [2.05, 4.69) is 4.98 Å². The Balaban J connectivity index is 2.03. The van der Waals surface area contributed by atoms with Gasteiger partial charge in [-0.3, -0.25) is 4.98 Å². The van der Waals surface area contributed by atoms with E-state index in [9.17, 15) is 5.11 Å². The summed E-state index contributed by atoms with van der Waals surface area (Å²) in [7, 11) is 0. The largest absolute Gasteiger partial charge is 0.376 e. The molecule has 3 heteroatoms. The summed E-state index contributed by atoms with van der Waals surface area (Å²) in [6, 6.07) is 28.9. The summed E-state index contributed by atoms with van der Waals surface area (Å²) in [6.07, 6.45) is 3.41. The zero-order valence-corrected chi connectivity index (χ0v) is 15.3. The highest BCUT2D eigenvalue weighted by atomic mass is 35.5. The molecule has 0 aliphatic heterocycles. The van der Waals surface area contributed by atoms with Crippen molar-refractivity contribution in [3.8, 4) is 11.1 Å². The summed E-state index contributed by atoms with van der Waals surface area (Å²) in [5.41, 5.74) is 2.66. The molecule has 0 aliphatic rings. The molecule has 4 aromatic rings. The highest BCUT2D eigenvalue weighted by molar-refractivity contribution is 6.33. The predicted molar refractivity (Wildman–Crippen MR) is 110 cm³/mol. The van der Waals surface area contributed by atoms with E-state index < -0.39 is 5.60 Å². The van der Waals surface area contributed by atoms with Crippen molar-refractivity contribution in [2.24, 2.45) is 0 Å². The van der Waals surface area contributed by atoms with E-state index in [1.165, 1.54) is 0 Å². The van der Waals surface area contributed by atoms with Crippen LogP contribution in [-0.2, 0) is 5.60 Å². The first-order chi connectivity index (χ1) is 13.2. The predicted octanol–water partition coefficient (Wildman–Crippen LogP) is 5.69. The fraction of sp³-hybridized carbons (Fsp3) is 0.0417. The Labute approximate surface area is 163 Å². The quantitative estimate of drug-likeness (QED) is 0.500. The van der Waals surface area contributed by atoms with Crippen molar-refractivity contribution in [1.29, 1.82) is 0 Å². The molecule has 27 heavy (non-hydrogen) atoms. The van der Waals surface area contributed by atoms with Crippen LogP contribution in [0.4, 0.5) is 0 Å². The zero-order valence-electron chi connectivity index (χ0n) is 14.6. The van der Waals surface area contributed by atoms with Gasteiger partial charge in [0.25, 0.3) is 0 Å². The van der Waals surface area contributed by atoms with Gasteiger partial charge in [0.2, 0.25) is 0 Å². The molecule has 0 spiro atoms. The summed E-state index contributed by atoms with van der Waals surface area (Å²) < 4.78 is 0. The number of rotatable bonds is 4. The molecule has 0 radical (unpaired) electrons. The Bertz CT molecular complexity index is 1010. The summed E-state index contributed by atoms with van der Waals surface area (Å²) >= 11 is 6.48. The van der Waals surface area contributed by atoms with Crippen molar-refractivity contribution < 1.29 is 5.11 Å². The Kier molecular flexibility index (Phi) is 4.76. The van der Waals surface area contributed by atoms with Crippen LogP contribution in [0, 0.1) is 0 Å². The molecule has 1 heterocycles. The standard InChI is InChI=1S/C24H18ClNO/c25-23-15-7-5-13-21(23)20-12-4-6-14-22(20)24(27,18-9-2-1-3-10-18)19-11-8-16-26-17-19/h1-17,27H. The number of halogens is 1. The van der Waals surface area contributed by atoms with Crippen LogP contribution in [0.15, 0.2) is 103 Å². The third kappa shape index (κ3) is 3.14. The summed E-state index contributed by atoms with van der Waals surface area (Å²) in [4.78, 5) is 4.24. The molecular weight excluding hydrogens is 354 g/mol. The number of hydrogen-bond donors (Lipinski definition) is 1. The van der Waals surface area contributed by atoms with Gasteiger partial charge in [0.15, 0.2) is 0 Å². The maximum atomic E-state index is 12.1. The molecule has 4 rings (SSSR count). The number of nitrogens with zero attached hydrogens (tertiary/aromatic N) is 1. The highest BCUT2D eigenvalue weighted by Crippen LogP contribution is 2.42. The minimum absolute atomic E-state index is 0.645. The second-order valence-corrected chi connectivity index (χ2v) is 6.75. The minimum Gasteiger partial charge on any atom is -0.376 e. The maximum absolute atomic E-state index is 12.1. The Morgan fingerprint density at radius 3 is 2.00 bits per heavy atom. The van der Waals surface area contributed by atoms with Gasteiger partial charge in [0.1, 0.15) is 5.60 Å². The van der Waals surface area contributed by atoms with E-state index in [-0.39, 0.29) is 0 Å². The smallest absolute Gasteiger partial charge is 0.142 e. The Morgan fingerprint density at radius 1 is 0.667 bits per heavy atom. The maximum Gasteiger partial charge on any atom is 0.142 e. The molecule has 1 atom stereocenters. The van der Waals surface area contributed by atoms with Crippen molar-refractivity contribution in [1.82, 2.24) is 4.98 Å². The lowest BCUT2D eigenvalue weighted by atomic mass is 9.78. The summed E-state index contributed by atoms with van der Waals surface area (Å²) in [5.74, 6) is 0. The van der Waals surface area contributed by atoms with Crippen LogP contribution in [0.2, 0.25) is 5.02 Å². The van der Waals surface area contributed by atoms with Crippen LogP contribution >= 0.6 is 11.6 Å². The third-order valence-corrected chi connectivity index (χ3v) is 5.08. The third-order valence-electron chi connectivity index (χ3n) is 4.75. The molecule has 3 aromatic carbocycles. The van der Waals surface area contributed by atoms with Gasteiger partial charge in [0, 0.05) is 34.1 Å². The van der Waals surface area contributed by atoms with Crippen LogP contribution in [0.25, 0.3) is 11.1 Å². The van der Waals surface area contributed by atoms with Gasteiger partial charge in [-0.2, -0.15) is 0 Å². The molecule has 0 aliphatic carbocycles. The highest BCUT2D eigenvalue weighted by Gasteiger charge is 2.36. The SMILES string of the molecule is OC(c1ccccc1)(c1cccnc1)c1ccccc1-c1ccccc1Cl. The van der Waals surface area contributed by atoms with Gasteiger partial charge in [-0.1, -0.05) is 90.5 Å². The normalized spacial score (nSPS) is 13.1. The fourth-order valence-corrected chi connectivity index (χ4v) is 3.68. The average Bonchev–Trinajstić information content (AvgIpc) is 2.75. The average molecular weight is 372 g/mol. The minimum atomic E-state index is -1.36. The van der Waals surface area contributed by atoms with E-state index in [1.54, 1.807) is 12.4 Å². The Hall–Kier alpha value is -2.94. The molecule has 1 N–H and O–H groups in total. The molecule has 1 aromatic heterocycles. The molecule has 0 saturated carbocycles. The van der Waals surface area contributed by atoms with E-state index in [4.69, 9.17) is 11.6 Å². The van der Waals surface area contributed by atoms with E-state index in [0.717, 1.165) is 22.3 Å². The van der Waals surface area contributed by atoms with Gasteiger partial charge in [-0.05, 0) is 23.3 Å². The monoisotopic (exact) mass is 371 g/mol. The van der Waals surface area contributed by atoms with Crippen molar-refractivity contribution in [2.45, 2.75) is 5.60 Å². The first-order valence-corrected chi connectivity index (χ1v) is 9.12. The number of aromatic nitrogens is 1. The number of benzene rings is 3. The molecule has 1 unspecified atom stereocenters. The second-order valence-electron chi connectivity index (χ2n) is 6.34. The lowest BCUT2D eigenvalue weighted by Crippen LogP contribution is -2.29. The van der Waals surface area contributed by atoms with Crippen molar-refractivity contribution in [2.75, 3.05) is 0 Å². The van der Waals surface area contributed by atoms with E-state index >= 15 is 0 Å². The van der Waals surface area contributed by atoms with Crippen molar-refractivity contribution in [3.63, 3.8) is 0 Å². The second kappa shape index (κ2) is 7.36. The van der Waals surface area contributed by atoms with Crippen LogP contribution in [0.3, 0.4) is 0 Å². The first-order valence-electron chi connectivity index (χ1n) is 8.74. The number of hydrogen-bond acceptors (Lipinski definition) is 2. The lowest BCUT2D eigenvalue weighted by Gasteiger charge is -2.32. The van der Waals surface area contributed by atoms with Crippen LogP contribution < -0.4 is 0 Å². The van der Waals surface area contributed by atoms with E-state index in [0.29, 0.717) is 10.6 Å². The van der Waals surface area contributed by atoms with Crippen LogP contribution in [0.5, 0.6) is 0 Å². The molecule has 0 bridgehead atoms. The van der Waals surface area contributed by atoms with Gasteiger partial charge in [-0.25, -0.2) is 0 Å². The molecule has 2 nitrogen and oxygen atoms in total. The molecule has 0 fully saturated rings. The molecule has 132 valence electrons. The van der Waals surface area contributed by atoms with Gasteiger partial charge in [-0.15, -0.1) is 0 Å².